The molecule has 2 aromatic carbocycles. The van der Waals surface area contributed by atoms with Crippen LogP contribution in [0.1, 0.15) is 28.4 Å². The van der Waals surface area contributed by atoms with Crippen LogP contribution in [0, 0.1) is 0 Å². The SMILES string of the molecule is NC(CNC(=O)c1ccc2c(c1)OCCCO2)c1ccccc1. The monoisotopic (exact) mass is 312 g/mol. The zero-order chi connectivity index (χ0) is 16.1. The van der Waals surface area contributed by atoms with E-state index in [1.54, 1.807) is 18.2 Å². The first-order valence-electron chi connectivity index (χ1n) is 7.72. The van der Waals surface area contributed by atoms with Crippen molar-refractivity contribution in [2.45, 2.75) is 12.5 Å². The van der Waals surface area contributed by atoms with Crippen LogP contribution in [0.2, 0.25) is 0 Å². The van der Waals surface area contributed by atoms with Gasteiger partial charge in [-0.05, 0) is 23.8 Å². The molecule has 23 heavy (non-hydrogen) atoms. The molecule has 1 heterocycles. The van der Waals surface area contributed by atoms with Gasteiger partial charge in [-0.3, -0.25) is 4.79 Å². The Hall–Kier alpha value is -2.53. The van der Waals surface area contributed by atoms with Crippen LogP contribution in [-0.2, 0) is 0 Å². The lowest BCUT2D eigenvalue weighted by Gasteiger charge is -2.14. The highest BCUT2D eigenvalue weighted by Gasteiger charge is 2.15. The molecule has 0 spiro atoms. The van der Waals surface area contributed by atoms with Crippen molar-refractivity contribution in [3.05, 3.63) is 59.7 Å². The summed E-state index contributed by atoms with van der Waals surface area (Å²) in [5.74, 6) is 1.12. The molecule has 0 aliphatic carbocycles. The van der Waals surface area contributed by atoms with Crippen molar-refractivity contribution in [1.29, 1.82) is 0 Å². The van der Waals surface area contributed by atoms with Crippen LogP contribution >= 0.6 is 0 Å². The number of hydrogen-bond acceptors (Lipinski definition) is 4. The average molecular weight is 312 g/mol. The number of fused-ring (bicyclic) bond motifs is 1. The van der Waals surface area contributed by atoms with Gasteiger partial charge in [0, 0.05) is 24.6 Å². The van der Waals surface area contributed by atoms with Gasteiger partial charge in [-0.1, -0.05) is 30.3 Å². The standard InChI is InChI=1S/C18H20N2O3/c19-15(13-5-2-1-3-6-13)12-20-18(21)14-7-8-16-17(11-14)23-10-4-9-22-16/h1-3,5-8,11,15H,4,9-10,12,19H2,(H,20,21). The number of carbonyl (C=O) groups excluding carboxylic acids is 1. The minimum Gasteiger partial charge on any atom is -0.490 e. The number of amides is 1. The third kappa shape index (κ3) is 3.81. The van der Waals surface area contributed by atoms with Crippen molar-refractivity contribution in [1.82, 2.24) is 5.32 Å². The summed E-state index contributed by atoms with van der Waals surface area (Å²) in [4.78, 5) is 12.3. The van der Waals surface area contributed by atoms with Gasteiger partial charge in [-0.25, -0.2) is 0 Å². The summed E-state index contributed by atoms with van der Waals surface area (Å²) in [6.07, 6.45) is 0.835. The van der Waals surface area contributed by atoms with E-state index in [1.807, 2.05) is 30.3 Å². The van der Waals surface area contributed by atoms with E-state index in [0.717, 1.165) is 12.0 Å². The highest BCUT2D eigenvalue weighted by atomic mass is 16.5. The molecule has 0 bridgehead atoms. The predicted octanol–water partition coefficient (Wildman–Crippen LogP) is 2.28. The second-order valence-electron chi connectivity index (χ2n) is 5.44. The number of nitrogens with one attached hydrogen (secondary N) is 1. The van der Waals surface area contributed by atoms with Gasteiger partial charge in [0.15, 0.2) is 11.5 Å². The third-order valence-corrected chi connectivity index (χ3v) is 3.72. The highest BCUT2D eigenvalue weighted by Crippen LogP contribution is 2.30. The topological polar surface area (TPSA) is 73.6 Å². The fourth-order valence-electron chi connectivity index (χ4n) is 2.43. The Morgan fingerprint density at radius 1 is 1.09 bits per heavy atom. The van der Waals surface area contributed by atoms with E-state index >= 15 is 0 Å². The van der Waals surface area contributed by atoms with E-state index in [9.17, 15) is 4.79 Å². The molecule has 5 nitrogen and oxygen atoms in total. The van der Waals surface area contributed by atoms with Crippen molar-refractivity contribution in [2.24, 2.45) is 5.73 Å². The number of carbonyl (C=O) groups is 1. The fourth-order valence-corrected chi connectivity index (χ4v) is 2.43. The summed E-state index contributed by atoms with van der Waals surface area (Å²) in [5.41, 5.74) is 7.62. The number of hydrogen-bond donors (Lipinski definition) is 2. The van der Waals surface area contributed by atoms with E-state index < -0.39 is 0 Å². The lowest BCUT2D eigenvalue weighted by molar-refractivity contribution is 0.0950. The summed E-state index contributed by atoms with van der Waals surface area (Å²) >= 11 is 0. The Morgan fingerprint density at radius 2 is 1.83 bits per heavy atom. The number of ether oxygens (including phenoxy) is 2. The van der Waals surface area contributed by atoms with Crippen LogP contribution in [0.15, 0.2) is 48.5 Å². The van der Waals surface area contributed by atoms with Crippen molar-refractivity contribution in [3.8, 4) is 11.5 Å². The van der Waals surface area contributed by atoms with Gasteiger partial charge in [-0.2, -0.15) is 0 Å². The molecule has 1 unspecified atom stereocenters. The first kappa shape index (κ1) is 15.4. The van der Waals surface area contributed by atoms with Gasteiger partial charge in [-0.15, -0.1) is 0 Å². The van der Waals surface area contributed by atoms with Crippen LogP contribution in [-0.4, -0.2) is 25.7 Å². The molecule has 0 saturated heterocycles. The van der Waals surface area contributed by atoms with Gasteiger partial charge >= 0.3 is 0 Å². The molecule has 120 valence electrons. The molecule has 3 rings (SSSR count). The fraction of sp³-hybridized carbons (Fsp3) is 0.278. The Labute approximate surface area is 135 Å². The molecular formula is C18H20N2O3. The van der Waals surface area contributed by atoms with Crippen LogP contribution in [0.4, 0.5) is 0 Å². The molecule has 0 aromatic heterocycles. The molecule has 1 atom stereocenters. The van der Waals surface area contributed by atoms with Gasteiger partial charge in [0.05, 0.1) is 13.2 Å². The summed E-state index contributed by atoms with van der Waals surface area (Å²) in [6, 6.07) is 14.7. The maximum Gasteiger partial charge on any atom is 0.251 e. The quantitative estimate of drug-likeness (QED) is 0.908. The van der Waals surface area contributed by atoms with Crippen molar-refractivity contribution in [3.63, 3.8) is 0 Å². The summed E-state index contributed by atoms with van der Waals surface area (Å²) in [7, 11) is 0. The van der Waals surface area contributed by atoms with Crippen LogP contribution in [0.5, 0.6) is 11.5 Å². The number of rotatable bonds is 4. The Bertz CT molecular complexity index is 673. The second kappa shape index (κ2) is 7.15. The Kier molecular flexibility index (Phi) is 4.78. The minimum absolute atomic E-state index is 0.174. The van der Waals surface area contributed by atoms with E-state index in [1.165, 1.54) is 0 Å². The zero-order valence-electron chi connectivity index (χ0n) is 12.8. The summed E-state index contributed by atoms with van der Waals surface area (Å²) in [6.45, 7) is 1.60. The minimum atomic E-state index is -0.236. The van der Waals surface area contributed by atoms with Gasteiger partial charge in [0.1, 0.15) is 0 Å². The van der Waals surface area contributed by atoms with Crippen LogP contribution < -0.4 is 20.5 Å². The van der Waals surface area contributed by atoms with Crippen molar-refractivity contribution >= 4 is 5.91 Å². The molecule has 2 aromatic rings. The van der Waals surface area contributed by atoms with Gasteiger partial charge < -0.3 is 20.5 Å². The molecule has 1 amide bonds. The first-order chi connectivity index (χ1) is 11.2. The Balaban J connectivity index is 1.63. The van der Waals surface area contributed by atoms with Gasteiger partial charge in [0.25, 0.3) is 5.91 Å². The maximum absolute atomic E-state index is 12.3. The predicted molar refractivity (Wildman–Crippen MR) is 87.8 cm³/mol. The summed E-state index contributed by atoms with van der Waals surface area (Å²) in [5, 5.41) is 2.86. The number of nitrogens with two attached hydrogens (primary N) is 1. The molecule has 3 N–H and O–H groups in total. The molecule has 5 heteroatoms. The van der Waals surface area contributed by atoms with Crippen LogP contribution in [0.25, 0.3) is 0 Å². The van der Waals surface area contributed by atoms with E-state index in [2.05, 4.69) is 5.32 Å². The molecule has 0 fully saturated rings. The maximum atomic E-state index is 12.3. The molecular weight excluding hydrogens is 292 g/mol. The lowest BCUT2D eigenvalue weighted by Crippen LogP contribution is -2.31. The van der Waals surface area contributed by atoms with E-state index in [-0.39, 0.29) is 11.9 Å². The number of benzene rings is 2. The molecule has 1 aliphatic rings. The van der Waals surface area contributed by atoms with Crippen LogP contribution in [0.3, 0.4) is 0 Å². The van der Waals surface area contributed by atoms with Crippen molar-refractivity contribution < 1.29 is 14.3 Å². The summed E-state index contributed by atoms with van der Waals surface area (Å²) < 4.78 is 11.2. The first-order valence-corrected chi connectivity index (χ1v) is 7.72. The van der Waals surface area contributed by atoms with Crippen molar-refractivity contribution in [2.75, 3.05) is 19.8 Å². The van der Waals surface area contributed by atoms with E-state index in [4.69, 9.17) is 15.2 Å². The lowest BCUT2D eigenvalue weighted by atomic mass is 10.1. The second-order valence-corrected chi connectivity index (χ2v) is 5.44. The highest BCUT2D eigenvalue weighted by molar-refractivity contribution is 5.94. The Morgan fingerprint density at radius 3 is 2.61 bits per heavy atom. The molecule has 1 aliphatic heterocycles. The van der Waals surface area contributed by atoms with Gasteiger partial charge in [0.2, 0.25) is 0 Å². The zero-order valence-corrected chi connectivity index (χ0v) is 12.8. The molecule has 0 radical (unpaired) electrons. The smallest absolute Gasteiger partial charge is 0.251 e. The largest absolute Gasteiger partial charge is 0.490 e. The average Bonchev–Trinajstić information content (AvgIpc) is 2.84. The third-order valence-electron chi connectivity index (χ3n) is 3.72. The van der Waals surface area contributed by atoms with E-state index in [0.29, 0.717) is 36.8 Å². The molecule has 0 saturated carbocycles. The normalized spacial score (nSPS) is 14.7.